The highest BCUT2D eigenvalue weighted by molar-refractivity contribution is 5.38. The van der Waals surface area contributed by atoms with Crippen LogP contribution in [0.2, 0.25) is 0 Å². The summed E-state index contributed by atoms with van der Waals surface area (Å²) in [5, 5.41) is 20.9. The molecule has 0 amide bonds. The van der Waals surface area contributed by atoms with Gasteiger partial charge in [0.05, 0.1) is 25.4 Å². The molecule has 5 aromatic rings. The molecular weight excluding hydrogens is 661 g/mol. The lowest BCUT2D eigenvalue weighted by atomic mass is 9.83. The number of aliphatic hydroxyl groups excluding tert-OH is 1. The van der Waals surface area contributed by atoms with Gasteiger partial charge in [-0.1, -0.05) is 133 Å². The van der Waals surface area contributed by atoms with Crippen LogP contribution < -0.4 is 0 Å². The number of unbranched alkanes of at least 4 members (excludes halogenated alkanes) is 1. The molecule has 3 unspecified atom stereocenters. The number of hydrogen-bond acceptors (Lipinski definition) is 6. The first-order chi connectivity index (χ1) is 25.8. The minimum absolute atomic E-state index is 0.231. The fourth-order valence-corrected chi connectivity index (χ4v) is 7.08. The van der Waals surface area contributed by atoms with Gasteiger partial charge in [0.25, 0.3) is 0 Å². The van der Waals surface area contributed by atoms with E-state index in [1.807, 2.05) is 66.7 Å². The van der Waals surface area contributed by atoms with Crippen molar-refractivity contribution in [3.63, 3.8) is 0 Å². The van der Waals surface area contributed by atoms with E-state index >= 15 is 0 Å². The van der Waals surface area contributed by atoms with Gasteiger partial charge >= 0.3 is 0 Å². The average Bonchev–Trinajstić information content (AvgIpc) is 3.18. The zero-order chi connectivity index (χ0) is 37.0. The van der Waals surface area contributed by atoms with E-state index < -0.39 is 36.1 Å². The maximum absolute atomic E-state index is 11.7. The summed E-state index contributed by atoms with van der Waals surface area (Å²) >= 11 is 0. The van der Waals surface area contributed by atoms with E-state index in [4.69, 9.17) is 18.9 Å². The number of benzene rings is 5. The predicted octanol–water partition coefficient (Wildman–Crippen LogP) is 8.87. The molecule has 1 aliphatic heterocycles. The van der Waals surface area contributed by atoms with E-state index in [1.165, 1.54) is 22.3 Å². The highest BCUT2D eigenvalue weighted by atomic mass is 16.6. The van der Waals surface area contributed by atoms with Crippen LogP contribution in [0.3, 0.4) is 0 Å². The quantitative estimate of drug-likeness (QED) is 0.0938. The minimum atomic E-state index is -1.26. The highest BCUT2D eigenvalue weighted by Crippen LogP contribution is 2.42. The fraction of sp³-hybridized carbons (Fsp3) is 0.362. The Labute approximate surface area is 315 Å². The Morgan fingerprint density at radius 2 is 1.09 bits per heavy atom. The highest BCUT2D eigenvalue weighted by Gasteiger charge is 2.53. The van der Waals surface area contributed by atoms with Gasteiger partial charge in [-0.15, -0.1) is 0 Å². The molecule has 1 aliphatic rings. The number of ether oxygens (including phenoxy) is 4. The Balaban J connectivity index is 1.36. The standard InChI is InChI=1S/C47H54O6/c1-34-22-27-40(30-41(34)29-36-25-23-35(24-26-36)15-13-14-28-48)42-43(50-31-37-16-7-4-8-17-37)44(51-32-38-18-9-5-10-19-38)45(46(53-42)47(2,3)49)52-33-39-20-11-6-12-21-39/h4-12,16-27,30,42-46,48-49H,13-15,28-29,31-33H2,1-3H3/t42?,43-,44?,45-,46?/m0/s1. The van der Waals surface area contributed by atoms with Crippen molar-refractivity contribution in [2.45, 2.75) is 102 Å². The number of rotatable bonds is 17. The van der Waals surface area contributed by atoms with Crippen LogP contribution in [-0.4, -0.2) is 46.8 Å². The van der Waals surface area contributed by atoms with Gasteiger partial charge in [0, 0.05) is 6.61 Å². The molecule has 6 rings (SSSR count). The second-order valence-electron chi connectivity index (χ2n) is 14.8. The Morgan fingerprint density at radius 3 is 1.62 bits per heavy atom. The molecule has 0 aromatic heterocycles. The van der Waals surface area contributed by atoms with Crippen LogP contribution in [0.5, 0.6) is 0 Å². The smallest absolute Gasteiger partial charge is 0.117 e. The molecule has 0 radical (unpaired) electrons. The zero-order valence-corrected chi connectivity index (χ0v) is 31.3. The molecule has 0 saturated carbocycles. The van der Waals surface area contributed by atoms with Crippen molar-refractivity contribution in [1.29, 1.82) is 0 Å². The summed E-state index contributed by atoms with van der Waals surface area (Å²) in [5.74, 6) is 0. The Kier molecular flexibility index (Phi) is 13.7. The monoisotopic (exact) mass is 714 g/mol. The Hall–Kier alpha value is -4.14. The number of aryl methyl sites for hydroxylation is 2. The lowest BCUT2D eigenvalue weighted by Crippen LogP contribution is -2.62. The molecule has 278 valence electrons. The lowest BCUT2D eigenvalue weighted by Gasteiger charge is -2.49. The molecule has 6 nitrogen and oxygen atoms in total. The number of aliphatic hydroxyl groups is 2. The van der Waals surface area contributed by atoms with E-state index in [9.17, 15) is 10.2 Å². The maximum Gasteiger partial charge on any atom is 0.117 e. The molecule has 0 aliphatic carbocycles. The van der Waals surface area contributed by atoms with Gasteiger partial charge in [-0.05, 0) is 91.0 Å². The third-order valence-electron chi connectivity index (χ3n) is 10.1. The normalized spacial score (nSPS) is 20.4. The fourth-order valence-electron chi connectivity index (χ4n) is 7.08. The third-order valence-corrected chi connectivity index (χ3v) is 10.1. The van der Waals surface area contributed by atoms with Gasteiger partial charge in [-0.3, -0.25) is 0 Å². The summed E-state index contributed by atoms with van der Waals surface area (Å²) in [6.45, 7) is 6.97. The van der Waals surface area contributed by atoms with Gasteiger partial charge < -0.3 is 29.2 Å². The number of hydrogen-bond donors (Lipinski definition) is 2. The first kappa shape index (κ1) is 38.6. The zero-order valence-electron chi connectivity index (χ0n) is 31.3. The second kappa shape index (κ2) is 18.8. The van der Waals surface area contributed by atoms with Crippen LogP contribution in [0.25, 0.3) is 0 Å². The average molecular weight is 715 g/mol. The van der Waals surface area contributed by atoms with Gasteiger partial charge in [0.1, 0.15) is 30.5 Å². The summed E-state index contributed by atoms with van der Waals surface area (Å²) in [7, 11) is 0. The van der Waals surface area contributed by atoms with Crippen LogP contribution >= 0.6 is 0 Å². The molecule has 5 aromatic carbocycles. The van der Waals surface area contributed by atoms with E-state index in [0.29, 0.717) is 19.8 Å². The van der Waals surface area contributed by atoms with Crippen LogP contribution in [0.1, 0.15) is 77.3 Å². The van der Waals surface area contributed by atoms with E-state index in [1.54, 1.807) is 13.8 Å². The van der Waals surface area contributed by atoms with Crippen molar-refractivity contribution < 1.29 is 29.2 Å². The largest absolute Gasteiger partial charge is 0.396 e. The van der Waals surface area contributed by atoms with Crippen LogP contribution in [0.15, 0.2) is 133 Å². The van der Waals surface area contributed by atoms with E-state index in [0.717, 1.165) is 47.9 Å². The summed E-state index contributed by atoms with van der Waals surface area (Å²) in [6.07, 6.45) is 0.461. The summed E-state index contributed by atoms with van der Waals surface area (Å²) in [5.41, 5.74) is 7.71. The minimum Gasteiger partial charge on any atom is -0.396 e. The van der Waals surface area contributed by atoms with E-state index in [-0.39, 0.29) is 6.61 Å². The molecule has 1 fully saturated rings. The van der Waals surface area contributed by atoms with Crippen molar-refractivity contribution in [3.8, 4) is 0 Å². The summed E-state index contributed by atoms with van der Waals surface area (Å²) < 4.78 is 27.6. The molecule has 1 heterocycles. The van der Waals surface area contributed by atoms with Gasteiger partial charge in [-0.25, -0.2) is 0 Å². The maximum atomic E-state index is 11.7. The van der Waals surface area contributed by atoms with Crippen LogP contribution in [-0.2, 0) is 51.6 Å². The summed E-state index contributed by atoms with van der Waals surface area (Å²) in [6, 6.07) is 45.6. The van der Waals surface area contributed by atoms with Crippen LogP contribution in [0, 0.1) is 6.92 Å². The third kappa shape index (κ3) is 10.7. The van der Waals surface area contributed by atoms with Crippen molar-refractivity contribution in [3.05, 3.63) is 178 Å². The van der Waals surface area contributed by atoms with E-state index in [2.05, 4.69) is 73.7 Å². The molecule has 0 spiro atoms. The van der Waals surface area contributed by atoms with Crippen molar-refractivity contribution in [1.82, 2.24) is 0 Å². The molecule has 5 atom stereocenters. The topological polar surface area (TPSA) is 77.4 Å². The first-order valence-corrected chi connectivity index (χ1v) is 18.9. The van der Waals surface area contributed by atoms with Gasteiger partial charge in [0.2, 0.25) is 0 Å². The van der Waals surface area contributed by atoms with Gasteiger partial charge in [-0.2, -0.15) is 0 Å². The first-order valence-electron chi connectivity index (χ1n) is 18.9. The Morgan fingerprint density at radius 1 is 0.585 bits per heavy atom. The van der Waals surface area contributed by atoms with Crippen molar-refractivity contribution in [2.75, 3.05) is 6.61 Å². The second-order valence-corrected chi connectivity index (χ2v) is 14.8. The SMILES string of the molecule is Cc1ccc(C2OC(C(C)(C)O)[C@@H](OCc3ccccc3)C(OCc3ccccc3)[C@H]2OCc2ccccc2)cc1Cc1ccc(CCCCO)cc1. The van der Waals surface area contributed by atoms with Crippen LogP contribution in [0.4, 0.5) is 0 Å². The van der Waals surface area contributed by atoms with Crippen molar-refractivity contribution in [2.24, 2.45) is 0 Å². The van der Waals surface area contributed by atoms with Crippen molar-refractivity contribution >= 4 is 0 Å². The Bertz CT molecular complexity index is 1800. The van der Waals surface area contributed by atoms with Gasteiger partial charge in [0.15, 0.2) is 0 Å². The molecule has 2 N–H and O–H groups in total. The molecule has 53 heavy (non-hydrogen) atoms. The summed E-state index contributed by atoms with van der Waals surface area (Å²) in [4.78, 5) is 0. The molecular formula is C47H54O6. The predicted molar refractivity (Wildman–Crippen MR) is 209 cm³/mol. The molecule has 6 heteroatoms. The molecule has 1 saturated heterocycles. The lowest BCUT2D eigenvalue weighted by molar-refractivity contribution is -0.294. The molecule has 0 bridgehead atoms.